The Morgan fingerprint density at radius 2 is 1.94 bits per heavy atom. The van der Waals surface area contributed by atoms with E-state index in [9.17, 15) is 9.59 Å². The van der Waals surface area contributed by atoms with Crippen LogP contribution in [0.2, 0.25) is 0 Å². The fraction of sp³-hybridized carbons (Fsp3) is 0.818. The van der Waals surface area contributed by atoms with E-state index in [2.05, 4.69) is 5.32 Å². The first-order valence-electron chi connectivity index (χ1n) is 5.91. The van der Waals surface area contributed by atoms with Crippen LogP contribution in [-0.2, 0) is 4.79 Å². The van der Waals surface area contributed by atoms with Gasteiger partial charge >= 0.3 is 6.09 Å². The number of carbonyl (C=O) groups is 2. The first-order valence-corrected chi connectivity index (χ1v) is 5.91. The predicted molar refractivity (Wildman–Crippen MR) is 63.9 cm³/mol. The third kappa shape index (κ3) is 5.04. The molecule has 1 heterocycles. The van der Waals surface area contributed by atoms with Gasteiger partial charge in [0.25, 0.3) is 0 Å². The summed E-state index contributed by atoms with van der Waals surface area (Å²) in [6.45, 7) is 2.06. The summed E-state index contributed by atoms with van der Waals surface area (Å²) >= 11 is 0. The lowest BCUT2D eigenvalue weighted by molar-refractivity contribution is -0.132. The average Bonchev–Trinajstić information content (AvgIpc) is 2.26. The molecule has 0 unspecified atom stereocenters. The van der Waals surface area contributed by atoms with Crippen molar-refractivity contribution in [2.45, 2.75) is 25.3 Å². The van der Waals surface area contributed by atoms with E-state index in [4.69, 9.17) is 5.11 Å². The molecule has 0 radical (unpaired) electrons. The molecule has 0 spiro atoms. The summed E-state index contributed by atoms with van der Waals surface area (Å²) in [6.07, 6.45) is 0.965. The van der Waals surface area contributed by atoms with Crippen molar-refractivity contribution in [1.82, 2.24) is 15.1 Å². The quantitative estimate of drug-likeness (QED) is 0.739. The van der Waals surface area contributed by atoms with Crippen LogP contribution in [0.15, 0.2) is 0 Å². The molecule has 1 rings (SSSR count). The second kappa shape index (κ2) is 6.44. The molecule has 0 bridgehead atoms. The van der Waals surface area contributed by atoms with E-state index in [1.165, 1.54) is 0 Å². The minimum atomic E-state index is -0.984. The lowest BCUT2D eigenvalue weighted by Crippen LogP contribution is -2.46. The van der Waals surface area contributed by atoms with Crippen molar-refractivity contribution in [3.05, 3.63) is 0 Å². The van der Waals surface area contributed by atoms with Crippen molar-refractivity contribution in [3.63, 3.8) is 0 Å². The van der Waals surface area contributed by atoms with Crippen LogP contribution in [0.1, 0.15) is 19.3 Å². The molecule has 0 aromatic rings. The summed E-state index contributed by atoms with van der Waals surface area (Å²) in [4.78, 5) is 26.1. The van der Waals surface area contributed by atoms with E-state index < -0.39 is 6.09 Å². The van der Waals surface area contributed by atoms with Gasteiger partial charge in [-0.1, -0.05) is 0 Å². The minimum Gasteiger partial charge on any atom is -0.465 e. The fourth-order valence-corrected chi connectivity index (χ4v) is 1.93. The second-order valence-electron chi connectivity index (χ2n) is 4.66. The summed E-state index contributed by atoms with van der Waals surface area (Å²) < 4.78 is 0. The van der Waals surface area contributed by atoms with Gasteiger partial charge in [0.1, 0.15) is 0 Å². The molecule has 0 aliphatic carbocycles. The van der Waals surface area contributed by atoms with Crippen LogP contribution in [0.3, 0.4) is 0 Å². The Morgan fingerprint density at radius 3 is 2.41 bits per heavy atom. The topological polar surface area (TPSA) is 72.9 Å². The van der Waals surface area contributed by atoms with Crippen molar-refractivity contribution in [2.24, 2.45) is 0 Å². The number of hydrogen-bond acceptors (Lipinski definition) is 3. The summed E-state index contributed by atoms with van der Waals surface area (Å²) in [5, 5.41) is 11.1. The van der Waals surface area contributed by atoms with Crippen LogP contribution in [0.25, 0.3) is 0 Å². The lowest BCUT2D eigenvalue weighted by Gasteiger charge is -2.32. The first kappa shape index (κ1) is 13.8. The van der Waals surface area contributed by atoms with Crippen molar-refractivity contribution in [1.29, 1.82) is 0 Å². The first-order chi connectivity index (χ1) is 7.99. The van der Waals surface area contributed by atoms with Gasteiger partial charge in [-0.2, -0.15) is 0 Å². The Bertz CT molecular complexity index is 273. The molecule has 1 fully saturated rings. The highest BCUT2D eigenvalue weighted by molar-refractivity contribution is 5.76. The van der Waals surface area contributed by atoms with Gasteiger partial charge in [-0.05, 0) is 26.9 Å². The predicted octanol–water partition coefficient (Wildman–Crippen LogP) is 0.197. The maximum Gasteiger partial charge on any atom is 0.404 e. The molecule has 1 saturated heterocycles. The smallest absolute Gasteiger partial charge is 0.404 e. The normalized spacial score (nSPS) is 17.2. The molecule has 98 valence electrons. The molecule has 0 saturated carbocycles. The molecular weight excluding hydrogens is 222 g/mol. The summed E-state index contributed by atoms with van der Waals surface area (Å²) in [7, 11) is 3.88. The molecule has 2 N–H and O–H groups in total. The number of hydrogen-bond donors (Lipinski definition) is 2. The Morgan fingerprint density at radius 1 is 1.35 bits per heavy atom. The second-order valence-corrected chi connectivity index (χ2v) is 4.66. The van der Waals surface area contributed by atoms with Crippen LogP contribution in [0, 0.1) is 0 Å². The number of carboxylic acid groups (broad SMARTS) is 1. The van der Waals surface area contributed by atoms with Gasteiger partial charge in [0, 0.05) is 32.1 Å². The Kier molecular flexibility index (Phi) is 5.21. The number of piperidine rings is 1. The number of likely N-dealkylation sites (tertiary alicyclic amines) is 1. The maximum absolute atomic E-state index is 11.8. The van der Waals surface area contributed by atoms with E-state index in [1.54, 1.807) is 0 Å². The Hall–Kier alpha value is -1.30. The highest BCUT2D eigenvalue weighted by Crippen LogP contribution is 2.11. The van der Waals surface area contributed by atoms with E-state index >= 15 is 0 Å². The molecule has 1 aliphatic rings. The van der Waals surface area contributed by atoms with Gasteiger partial charge in [0.15, 0.2) is 0 Å². The van der Waals surface area contributed by atoms with Crippen LogP contribution < -0.4 is 5.32 Å². The third-order valence-corrected chi connectivity index (χ3v) is 2.95. The van der Waals surface area contributed by atoms with Gasteiger partial charge in [-0.25, -0.2) is 4.79 Å². The highest BCUT2D eigenvalue weighted by atomic mass is 16.4. The lowest BCUT2D eigenvalue weighted by atomic mass is 10.0. The molecule has 2 amide bonds. The van der Waals surface area contributed by atoms with Crippen molar-refractivity contribution >= 4 is 12.0 Å². The number of rotatable bonds is 4. The van der Waals surface area contributed by atoms with Crippen molar-refractivity contribution in [3.8, 4) is 0 Å². The molecular formula is C11H21N3O3. The third-order valence-electron chi connectivity index (χ3n) is 2.95. The maximum atomic E-state index is 11.8. The molecule has 6 heteroatoms. The van der Waals surface area contributed by atoms with E-state index in [1.807, 2.05) is 23.9 Å². The van der Waals surface area contributed by atoms with Gasteiger partial charge in [0.05, 0.1) is 0 Å². The summed E-state index contributed by atoms with van der Waals surface area (Å²) in [5.41, 5.74) is 0. The van der Waals surface area contributed by atoms with Crippen molar-refractivity contribution in [2.75, 3.05) is 33.7 Å². The average molecular weight is 243 g/mol. The van der Waals surface area contributed by atoms with Crippen LogP contribution in [-0.4, -0.2) is 66.7 Å². The van der Waals surface area contributed by atoms with Crippen LogP contribution in [0.5, 0.6) is 0 Å². The zero-order valence-electron chi connectivity index (χ0n) is 10.5. The zero-order valence-corrected chi connectivity index (χ0v) is 10.5. The molecule has 6 nitrogen and oxygen atoms in total. The molecule has 1 aliphatic heterocycles. The monoisotopic (exact) mass is 243 g/mol. The molecule has 0 atom stereocenters. The number of nitrogens with zero attached hydrogens (tertiary/aromatic N) is 2. The highest BCUT2D eigenvalue weighted by Gasteiger charge is 2.23. The van der Waals surface area contributed by atoms with E-state index in [0.29, 0.717) is 32.4 Å². The van der Waals surface area contributed by atoms with Gasteiger partial charge in [0.2, 0.25) is 5.91 Å². The largest absolute Gasteiger partial charge is 0.465 e. The summed E-state index contributed by atoms with van der Waals surface area (Å²) in [5.74, 6) is 0.160. The number of amides is 2. The van der Waals surface area contributed by atoms with Gasteiger partial charge in [-0.15, -0.1) is 0 Å². The van der Waals surface area contributed by atoms with Gasteiger partial charge < -0.3 is 20.2 Å². The fourth-order valence-electron chi connectivity index (χ4n) is 1.93. The van der Waals surface area contributed by atoms with Gasteiger partial charge in [-0.3, -0.25) is 4.79 Å². The van der Waals surface area contributed by atoms with E-state index in [0.717, 1.165) is 6.54 Å². The summed E-state index contributed by atoms with van der Waals surface area (Å²) in [6, 6.07) is -0.00889. The van der Waals surface area contributed by atoms with Crippen molar-refractivity contribution < 1.29 is 14.7 Å². The number of carbonyl (C=O) groups excluding carboxylic acids is 1. The van der Waals surface area contributed by atoms with Crippen LogP contribution >= 0.6 is 0 Å². The Balaban J connectivity index is 2.26. The number of nitrogens with one attached hydrogen (secondary N) is 1. The molecule has 0 aromatic heterocycles. The molecule has 0 aromatic carbocycles. The van der Waals surface area contributed by atoms with E-state index in [-0.39, 0.29) is 11.9 Å². The zero-order chi connectivity index (χ0) is 12.8. The SMILES string of the molecule is CN(C)CCC(=O)N1CCC(NC(=O)O)CC1. The minimum absolute atomic E-state index is 0.00889. The standard InChI is InChI=1S/C11H21N3O3/c1-13(2)6-5-10(15)14-7-3-9(4-8-14)12-11(16)17/h9,12H,3-8H2,1-2H3,(H,16,17). The Labute approximate surface area is 102 Å². The van der Waals surface area contributed by atoms with Crippen LogP contribution in [0.4, 0.5) is 4.79 Å². The molecule has 17 heavy (non-hydrogen) atoms.